The van der Waals surface area contributed by atoms with Gasteiger partial charge in [-0.3, -0.25) is 9.78 Å². The number of carbonyl (C=O) groups excluding carboxylic acids is 1. The van der Waals surface area contributed by atoms with Crippen molar-refractivity contribution in [2.24, 2.45) is 0 Å². The van der Waals surface area contributed by atoms with Crippen LogP contribution in [-0.4, -0.2) is 52.2 Å². The first-order valence-corrected chi connectivity index (χ1v) is 9.85. The van der Waals surface area contributed by atoms with Gasteiger partial charge in [-0.1, -0.05) is 30.3 Å². The number of nitrogens with zero attached hydrogens (tertiary/aromatic N) is 5. The number of aryl methyl sites for hydroxylation is 1. The van der Waals surface area contributed by atoms with Crippen molar-refractivity contribution in [1.82, 2.24) is 20.1 Å². The van der Waals surface area contributed by atoms with Crippen LogP contribution in [0.4, 0.5) is 17.3 Å². The quantitative estimate of drug-likeness (QED) is 0.700. The van der Waals surface area contributed by atoms with Crippen LogP contribution < -0.4 is 10.2 Å². The SMILES string of the molecule is O=C(CCc1ccccc1)N1CCN(c2ccc(Nc3ccncc3)nn2)CC1. The molecule has 1 saturated heterocycles. The number of nitrogens with one attached hydrogen (secondary N) is 1. The van der Waals surface area contributed by atoms with Gasteiger partial charge in [-0.25, -0.2) is 0 Å². The molecule has 2 aromatic heterocycles. The molecule has 3 heterocycles. The number of carbonyl (C=O) groups is 1. The lowest BCUT2D eigenvalue weighted by Gasteiger charge is -2.35. The molecule has 1 amide bonds. The Balaban J connectivity index is 1.26. The summed E-state index contributed by atoms with van der Waals surface area (Å²) in [6, 6.07) is 17.8. The van der Waals surface area contributed by atoms with Gasteiger partial charge >= 0.3 is 0 Å². The fraction of sp³-hybridized carbons (Fsp3) is 0.273. The van der Waals surface area contributed by atoms with Gasteiger partial charge < -0.3 is 15.1 Å². The molecule has 7 heteroatoms. The molecule has 1 aliphatic rings. The van der Waals surface area contributed by atoms with Crippen LogP contribution in [0.2, 0.25) is 0 Å². The van der Waals surface area contributed by atoms with Gasteiger partial charge in [0.15, 0.2) is 11.6 Å². The predicted molar refractivity (Wildman–Crippen MR) is 113 cm³/mol. The monoisotopic (exact) mass is 388 g/mol. The zero-order valence-electron chi connectivity index (χ0n) is 16.2. The van der Waals surface area contributed by atoms with E-state index >= 15 is 0 Å². The lowest BCUT2D eigenvalue weighted by Crippen LogP contribution is -2.49. The van der Waals surface area contributed by atoms with Crippen molar-refractivity contribution < 1.29 is 4.79 Å². The number of hydrogen-bond acceptors (Lipinski definition) is 6. The lowest BCUT2D eigenvalue weighted by atomic mass is 10.1. The molecule has 4 rings (SSSR count). The molecule has 0 radical (unpaired) electrons. The molecule has 0 bridgehead atoms. The highest BCUT2D eigenvalue weighted by Gasteiger charge is 2.21. The first-order chi connectivity index (χ1) is 14.3. The predicted octanol–water partition coefficient (Wildman–Crippen LogP) is 2.90. The first-order valence-electron chi connectivity index (χ1n) is 9.85. The summed E-state index contributed by atoms with van der Waals surface area (Å²) in [4.78, 5) is 20.6. The molecule has 0 aliphatic carbocycles. The van der Waals surface area contributed by atoms with Gasteiger partial charge in [-0.05, 0) is 36.2 Å². The van der Waals surface area contributed by atoms with Crippen LogP contribution in [-0.2, 0) is 11.2 Å². The van der Waals surface area contributed by atoms with Crippen LogP contribution in [0.3, 0.4) is 0 Å². The van der Waals surface area contributed by atoms with Crippen molar-refractivity contribution in [3.63, 3.8) is 0 Å². The Morgan fingerprint density at radius 2 is 1.66 bits per heavy atom. The number of benzene rings is 1. The lowest BCUT2D eigenvalue weighted by molar-refractivity contribution is -0.131. The fourth-order valence-electron chi connectivity index (χ4n) is 3.38. The van der Waals surface area contributed by atoms with E-state index in [-0.39, 0.29) is 5.91 Å². The molecule has 3 aromatic rings. The molecule has 0 atom stereocenters. The molecule has 0 spiro atoms. The summed E-state index contributed by atoms with van der Waals surface area (Å²) in [5.41, 5.74) is 2.12. The van der Waals surface area contributed by atoms with Crippen LogP contribution in [0, 0.1) is 0 Å². The van der Waals surface area contributed by atoms with Gasteiger partial charge in [0.2, 0.25) is 5.91 Å². The van der Waals surface area contributed by atoms with Gasteiger partial charge in [0.25, 0.3) is 0 Å². The molecule has 0 saturated carbocycles. The minimum Gasteiger partial charge on any atom is -0.352 e. The van der Waals surface area contributed by atoms with E-state index in [1.165, 1.54) is 5.56 Å². The maximum Gasteiger partial charge on any atom is 0.223 e. The van der Waals surface area contributed by atoms with Crippen molar-refractivity contribution in [2.75, 3.05) is 36.4 Å². The van der Waals surface area contributed by atoms with E-state index in [1.54, 1.807) is 12.4 Å². The molecule has 148 valence electrons. The average Bonchev–Trinajstić information content (AvgIpc) is 2.79. The van der Waals surface area contributed by atoms with Crippen molar-refractivity contribution in [2.45, 2.75) is 12.8 Å². The minimum absolute atomic E-state index is 0.219. The Kier molecular flexibility index (Phi) is 5.95. The first kappa shape index (κ1) is 18.9. The molecule has 0 unspecified atom stereocenters. The number of amides is 1. The summed E-state index contributed by atoms with van der Waals surface area (Å²) in [5, 5.41) is 11.8. The molecule has 1 fully saturated rings. The summed E-state index contributed by atoms with van der Waals surface area (Å²) in [5.74, 6) is 1.74. The Hall–Kier alpha value is -3.48. The van der Waals surface area contributed by atoms with Gasteiger partial charge in [0.05, 0.1) is 0 Å². The van der Waals surface area contributed by atoms with Crippen LogP contribution in [0.15, 0.2) is 67.0 Å². The molecular weight excluding hydrogens is 364 g/mol. The van der Waals surface area contributed by atoms with E-state index in [0.29, 0.717) is 25.3 Å². The number of aromatic nitrogens is 3. The van der Waals surface area contributed by atoms with Gasteiger partial charge in [-0.15, -0.1) is 10.2 Å². The third kappa shape index (κ3) is 5.07. The molecule has 29 heavy (non-hydrogen) atoms. The topological polar surface area (TPSA) is 74.2 Å². The second-order valence-electron chi connectivity index (χ2n) is 6.99. The maximum absolute atomic E-state index is 12.5. The Morgan fingerprint density at radius 3 is 2.34 bits per heavy atom. The molecule has 7 nitrogen and oxygen atoms in total. The smallest absolute Gasteiger partial charge is 0.223 e. The normalized spacial score (nSPS) is 13.9. The summed E-state index contributed by atoms with van der Waals surface area (Å²) < 4.78 is 0. The number of anilines is 3. The maximum atomic E-state index is 12.5. The second-order valence-corrected chi connectivity index (χ2v) is 6.99. The number of pyridine rings is 1. The van der Waals surface area contributed by atoms with Crippen LogP contribution >= 0.6 is 0 Å². The van der Waals surface area contributed by atoms with Gasteiger partial charge in [0, 0.05) is 50.7 Å². The molecule has 1 aromatic carbocycles. The highest BCUT2D eigenvalue weighted by Crippen LogP contribution is 2.17. The summed E-state index contributed by atoms with van der Waals surface area (Å²) >= 11 is 0. The van der Waals surface area contributed by atoms with E-state index in [9.17, 15) is 4.79 Å². The van der Waals surface area contributed by atoms with Crippen molar-refractivity contribution in [3.05, 3.63) is 72.6 Å². The third-order valence-electron chi connectivity index (χ3n) is 5.03. The highest BCUT2D eigenvalue weighted by atomic mass is 16.2. The highest BCUT2D eigenvalue weighted by molar-refractivity contribution is 5.76. The van der Waals surface area contributed by atoms with E-state index in [2.05, 4.69) is 37.5 Å². The summed E-state index contributed by atoms with van der Waals surface area (Å²) in [6.07, 6.45) is 4.80. The fourth-order valence-corrected chi connectivity index (χ4v) is 3.38. The Morgan fingerprint density at radius 1 is 0.897 bits per heavy atom. The van der Waals surface area contributed by atoms with Crippen LogP contribution in [0.5, 0.6) is 0 Å². The average molecular weight is 388 g/mol. The molecular formula is C22H24N6O. The minimum atomic E-state index is 0.219. The summed E-state index contributed by atoms with van der Waals surface area (Å²) in [7, 11) is 0. The van der Waals surface area contributed by atoms with Crippen LogP contribution in [0.1, 0.15) is 12.0 Å². The summed E-state index contributed by atoms with van der Waals surface area (Å²) in [6.45, 7) is 2.96. The zero-order chi connectivity index (χ0) is 19.9. The number of hydrogen-bond donors (Lipinski definition) is 1. The van der Waals surface area contributed by atoms with E-state index in [1.807, 2.05) is 47.4 Å². The van der Waals surface area contributed by atoms with Crippen molar-refractivity contribution >= 4 is 23.2 Å². The van der Waals surface area contributed by atoms with E-state index in [4.69, 9.17) is 0 Å². The molecule has 1 N–H and O–H groups in total. The second kappa shape index (κ2) is 9.14. The number of piperazine rings is 1. The van der Waals surface area contributed by atoms with Gasteiger partial charge in [0.1, 0.15) is 0 Å². The van der Waals surface area contributed by atoms with Crippen molar-refractivity contribution in [1.29, 1.82) is 0 Å². The van der Waals surface area contributed by atoms with Crippen LogP contribution in [0.25, 0.3) is 0 Å². The third-order valence-corrected chi connectivity index (χ3v) is 5.03. The van der Waals surface area contributed by atoms with E-state index < -0.39 is 0 Å². The standard InChI is InChI=1S/C22H24N6O/c29-22(9-6-18-4-2-1-3-5-18)28-16-14-27(15-17-28)21-8-7-20(25-26-21)24-19-10-12-23-13-11-19/h1-5,7-8,10-13H,6,9,14-17H2,(H,23,24,25). The largest absolute Gasteiger partial charge is 0.352 e. The van der Waals surface area contributed by atoms with Crippen molar-refractivity contribution in [3.8, 4) is 0 Å². The zero-order valence-corrected chi connectivity index (χ0v) is 16.2. The van der Waals surface area contributed by atoms with E-state index in [0.717, 1.165) is 31.0 Å². The molecule has 1 aliphatic heterocycles. The Bertz CT molecular complexity index is 909. The number of rotatable bonds is 6. The van der Waals surface area contributed by atoms with Gasteiger partial charge in [-0.2, -0.15) is 0 Å². The Labute approximate surface area is 170 Å².